The van der Waals surface area contributed by atoms with Crippen molar-refractivity contribution < 1.29 is 14.7 Å². The Kier molecular flexibility index (Phi) is 3.93. The highest BCUT2D eigenvalue weighted by molar-refractivity contribution is 6.05. The van der Waals surface area contributed by atoms with Gasteiger partial charge in [-0.15, -0.1) is 0 Å². The Morgan fingerprint density at radius 2 is 2.00 bits per heavy atom. The number of aromatic nitrogens is 2. The first kappa shape index (κ1) is 13.9. The summed E-state index contributed by atoms with van der Waals surface area (Å²) in [6.45, 7) is 1.73. The molecule has 0 saturated carbocycles. The van der Waals surface area contributed by atoms with Gasteiger partial charge in [0.2, 0.25) is 0 Å². The molecule has 1 aromatic heterocycles. The number of carbonyl (C=O) groups excluding carboxylic acids is 1. The van der Waals surface area contributed by atoms with Gasteiger partial charge in [0.1, 0.15) is 11.6 Å². The van der Waals surface area contributed by atoms with Gasteiger partial charge in [0, 0.05) is 19.4 Å². The summed E-state index contributed by atoms with van der Waals surface area (Å²) in [5.41, 5.74) is 1.44. The van der Waals surface area contributed by atoms with Gasteiger partial charge in [-0.3, -0.25) is 14.8 Å². The topological polar surface area (TPSA) is 83.4 Å². The van der Waals surface area contributed by atoms with Crippen molar-refractivity contribution in [3.05, 3.63) is 36.2 Å². The second-order valence-electron chi connectivity index (χ2n) is 4.41. The Bertz CT molecular complexity index is 652. The van der Waals surface area contributed by atoms with Gasteiger partial charge < -0.3 is 10.0 Å². The largest absolute Gasteiger partial charge is 0.480 e. The summed E-state index contributed by atoms with van der Waals surface area (Å²) < 4.78 is 0. The van der Waals surface area contributed by atoms with E-state index in [0.29, 0.717) is 23.0 Å². The summed E-state index contributed by atoms with van der Waals surface area (Å²) >= 11 is 0. The lowest BCUT2D eigenvalue weighted by Crippen LogP contribution is -2.42. The average molecular weight is 273 g/mol. The molecule has 0 spiro atoms. The fourth-order valence-corrected chi connectivity index (χ4v) is 2.11. The molecule has 1 heterocycles. The number of carboxylic acid groups (broad SMARTS) is 1. The van der Waals surface area contributed by atoms with E-state index in [2.05, 4.69) is 9.97 Å². The first-order chi connectivity index (χ1) is 9.56. The van der Waals surface area contributed by atoms with Crippen LogP contribution in [-0.4, -0.2) is 44.9 Å². The molecule has 0 aliphatic heterocycles. The molecule has 1 atom stereocenters. The van der Waals surface area contributed by atoms with Gasteiger partial charge >= 0.3 is 5.97 Å². The van der Waals surface area contributed by atoms with Gasteiger partial charge in [-0.2, -0.15) is 0 Å². The molecule has 1 aromatic carbocycles. The van der Waals surface area contributed by atoms with Crippen LogP contribution in [0.15, 0.2) is 30.6 Å². The summed E-state index contributed by atoms with van der Waals surface area (Å²) in [6.07, 6.45) is 3.40. The molecule has 0 bridgehead atoms. The van der Waals surface area contributed by atoms with Gasteiger partial charge in [0.05, 0.1) is 11.1 Å². The first-order valence-electron chi connectivity index (χ1n) is 6.26. The van der Waals surface area contributed by atoms with Gasteiger partial charge in [0.25, 0.3) is 5.91 Å². The number of hydrogen-bond donors (Lipinski definition) is 1. The molecular formula is C14H15N3O3. The maximum atomic E-state index is 12.5. The van der Waals surface area contributed by atoms with E-state index in [1.54, 1.807) is 31.3 Å². The van der Waals surface area contributed by atoms with E-state index in [1.807, 2.05) is 0 Å². The third kappa shape index (κ3) is 2.45. The molecule has 20 heavy (non-hydrogen) atoms. The van der Waals surface area contributed by atoms with Crippen molar-refractivity contribution in [2.24, 2.45) is 0 Å². The zero-order valence-electron chi connectivity index (χ0n) is 11.3. The number of benzene rings is 1. The summed E-state index contributed by atoms with van der Waals surface area (Å²) in [5, 5.41) is 9.13. The van der Waals surface area contributed by atoms with E-state index in [1.165, 1.54) is 18.1 Å². The lowest BCUT2D eigenvalue weighted by atomic mass is 10.1. The van der Waals surface area contributed by atoms with Crippen LogP contribution in [0.25, 0.3) is 11.0 Å². The number of rotatable bonds is 4. The highest BCUT2D eigenvalue weighted by Gasteiger charge is 2.26. The van der Waals surface area contributed by atoms with Crippen LogP contribution in [-0.2, 0) is 4.79 Å². The molecule has 0 aliphatic rings. The first-order valence-corrected chi connectivity index (χ1v) is 6.26. The molecule has 1 unspecified atom stereocenters. The Morgan fingerprint density at radius 3 is 2.65 bits per heavy atom. The number of amides is 1. The molecule has 1 N–H and O–H groups in total. The lowest BCUT2D eigenvalue weighted by Gasteiger charge is -2.24. The van der Waals surface area contributed by atoms with Gasteiger partial charge in [-0.1, -0.05) is 13.0 Å². The Balaban J connectivity index is 2.43. The number of carboxylic acids is 1. The molecular weight excluding hydrogens is 258 g/mol. The number of carbonyl (C=O) groups is 2. The Labute approximate surface area is 116 Å². The number of aliphatic carboxylic acids is 1. The van der Waals surface area contributed by atoms with E-state index in [4.69, 9.17) is 5.11 Å². The van der Waals surface area contributed by atoms with Crippen molar-refractivity contribution >= 4 is 22.9 Å². The zero-order valence-corrected chi connectivity index (χ0v) is 11.3. The number of nitrogens with zero attached hydrogens (tertiary/aromatic N) is 3. The molecule has 0 radical (unpaired) electrons. The number of hydrogen-bond acceptors (Lipinski definition) is 4. The number of likely N-dealkylation sites (N-methyl/N-ethyl adjacent to an activating group) is 1. The molecule has 2 aromatic rings. The van der Waals surface area contributed by atoms with Crippen LogP contribution in [0.4, 0.5) is 0 Å². The molecule has 2 rings (SSSR count). The molecule has 0 aliphatic carbocycles. The predicted octanol–water partition coefficient (Wildman–Crippen LogP) is 1.56. The van der Waals surface area contributed by atoms with Crippen LogP contribution in [0.5, 0.6) is 0 Å². The van der Waals surface area contributed by atoms with Crippen molar-refractivity contribution in [3.8, 4) is 0 Å². The maximum absolute atomic E-state index is 12.5. The Hall–Kier alpha value is -2.50. The molecule has 1 amide bonds. The second kappa shape index (κ2) is 5.64. The highest BCUT2D eigenvalue weighted by atomic mass is 16.4. The number of para-hydroxylation sites is 1. The molecule has 0 fully saturated rings. The molecule has 104 valence electrons. The van der Waals surface area contributed by atoms with E-state index in [-0.39, 0.29) is 5.91 Å². The van der Waals surface area contributed by atoms with Crippen molar-refractivity contribution in [2.45, 2.75) is 19.4 Å². The quantitative estimate of drug-likeness (QED) is 0.914. The molecule has 6 nitrogen and oxygen atoms in total. The maximum Gasteiger partial charge on any atom is 0.326 e. The van der Waals surface area contributed by atoms with E-state index in [9.17, 15) is 9.59 Å². The van der Waals surface area contributed by atoms with Gasteiger partial charge in [-0.05, 0) is 18.6 Å². The van der Waals surface area contributed by atoms with E-state index >= 15 is 0 Å². The highest BCUT2D eigenvalue weighted by Crippen LogP contribution is 2.17. The minimum absolute atomic E-state index is 0.341. The fraction of sp³-hybridized carbons (Fsp3) is 0.286. The summed E-state index contributed by atoms with van der Waals surface area (Å²) in [5.74, 6) is -1.39. The smallest absolute Gasteiger partial charge is 0.326 e. The normalized spacial score (nSPS) is 12.1. The van der Waals surface area contributed by atoms with Crippen molar-refractivity contribution in [2.75, 3.05) is 7.05 Å². The van der Waals surface area contributed by atoms with Crippen LogP contribution < -0.4 is 0 Å². The Morgan fingerprint density at radius 1 is 1.30 bits per heavy atom. The van der Waals surface area contributed by atoms with Crippen LogP contribution in [0.2, 0.25) is 0 Å². The summed E-state index contributed by atoms with van der Waals surface area (Å²) in [7, 11) is 1.49. The average Bonchev–Trinajstić information content (AvgIpc) is 2.46. The van der Waals surface area contributed by atoms with Crippen molar-refractivity contribution in [3.63, 3.8) is 0 Å². The van der Waals surface area contributed by atoms with Crippen LogP contribution >= 0.6 is 0 Å². The zero-order chi connectivity index (χ0) is 14.7. The van der Waals surface area contributed by atoms with Crippen LogP contribution in [0, 0.1) is 0 Å². The summed E-state index contributed by atoms with van der Waals surface area (Å²) in [4.78, 5) is 33.1. The van der Waals surface area contributed by atoms with Crippen molar-refractivity contribution in [1.29, 1.82) is 0 Å². The summed E-state index contributed by atoms with van der Waals surface area (Å²) in [6, 6.07) is 4.24. The monoisotopic (exact) mass is 273 g/mol. The standard InChI is InChI=1S/C14H15N3O3/c1-3-11(14(19)20)17(2)13(18)9-5-4-6-10-12(9)16-8-7-15-10/h4-8,11H,3H2,1-2H3,(H,19,20). The SMILES string of the molecule is CCC(C(=O)O)N(C)C(=O)c1cccc2nccnc12. The van der Waals surface area contributed by atoms with Gasteiger partial charge in [-0.25, -0.2) is 4.79 Å². The molecule has 6 heteroatoms. The van der Waals surface area contributed by atoms with Crippen LogP contribution in [0.1, 0.15) is 23.7 Å². The second-order valence-corrected chi connectivity index (χ2v) is 4.41. The van der Waals surface area contributed by atoms with Crippen molar-refractivity contribution in [1.82, 2.24) is 14.9 Å². The third-order valence-electron chi connectivity index (χ3n) is 3.19. The van der Waals surface area contributed by atoms with Gasteiger partial charge in [0.15, 0.2) is 0 Å². The van der Waals surface area contributed by atoms with E-state index < -0.39 is 12.0 Å². The van der Waals surface area contributed by atoms with Crippen LogP contribution in [0.3, 0.4) is 0 Å². The fourth-order valence-electron chi connectivity index (χ4n) is 2.11. The minimum Gasteiger partial charge on any atom is -0.480 e. The predicted molar refractivity (Wildman–Crippen MR) is 73.3 cm³/mol. The molecule has 0 saturated heterocycles. The number of fused-ring (bicyclic) bond motifs is 1. The minimum atomic E-state index is -1.02. The van der Waals surface area contributed by atoms with E-state index in [0.717, 1.165) is 0 Å². The lowest BCUT2D eigenvalue weighted by molar-refractivity contribution is -0.142. The third-order valence-corrected chi connectivity index (χ3v) is 3.19.